The second-order valence-electron chi connectivity index (χ2n) is 6.22. The van der Waals surface area contributed by atoms with Gasteiger partial charge in [-0.05, 0) is 42.8 Å². The van der Waals surface area contributed by atoms with E-state index in [-0.39, 0.29) is 24.0 Å². The molecule has 0 aliphatic carbocycles. The van der Waals surface area contributed by atoms with Gasteiger partial charge >= 0.3 is 0 Å². The van der Waals surface area contributed by atoms with Crippen LogP contribution in [0.4, 0.5) is 5.13 Å². The molecule has 0 radical (unpaired) electrons. The van der Waals surface area contributed by atoms with E-state index in [1.54, 1.807) is 24.3 Å². The molecule has 0 unspecified atom stereocenters. The van der Waals surface area contributed by atoms with Crippen molar-refractivity contribution in [3.05, 3.63) is 64.2 Å². The lowest BCUT2D eigenvalue weighted by Crippen LogP contribution is -2.19. The zero-order chi connectivity index (χ0) is 21.5. The number of nitrogens with zero attached hydrogens (tertiary/aromatic N) is 3. The summed E-state index contributed by atoms with van der Waals surface area (Å²) in [5, 5.41) is 24.6. The number of ether oxygens (including phenoxy) is 1. The molecule has 3 N–H and O–H groups in total. The average Bonchev–Trinajstić information content (AvgIpc) is 3.16. The summed E-state index contributed by atoms with van der Waals surface area (Å²) < 4.78 is 5.01. The van der Waals surface area contributed by atoms with Gasteiger partial charge in [0.1, 0.15) is 5.01 Å². The lowest BCUT2D eigenvalue weighted by atomic mass is 10.1. The fourth-order valence-corrected chi connectivity index (χ4v) is 3.11. The summed E-state index contributed by atoms with van der Waals surface area (Å²) in [6, 6.07) is 11.8. The van der Waals surface area contributed by atoms with Crippen LogP contribution in [0.15, 0.2) is 47.6 Å². The van der Waals surface area contributed by atoms with E-state index < -0.39 is 0 Å². The van der Waals surface area contributed by atoms with Crippen LogP contribution in [0.25, 0.3) is 0 Å². The highest BCUT2D eigenvalue weighted by atomic mass is 32.1. The van der Waals surface area contributed by atoms with Crippen molar-refractivity contribution < 1.29 is 19.4 Å². The summed E-state index contributed by atoms with van der Waals surface area (Å²) in [5.74, 6) is -0.361. The highest BCUT2D eigenvalue weighted by Gasteiger charge is 2.12. The van der Waals surface area contributed by atoms with E-state index in [4.69, 9.17) is 4.74 Å². The number of carbonyl (C=O) groups excluding carboxylic acids is 2. The van der Waals surface area contributed by atoms with Crippen LogP contribution < -0.4 is 15.5 Å². The van der Waals surface area contributed by atoms with Crippen LogP contribution in [0.5, 0.6) is 11.5 Å². The second-order valence-corrected chi connectivity index (χ2v) is 7.28. The van der Waals surface area contributed by atoms with Gasteiger partial charge in [0.15, 0.2) is 11.5 Å². The molecule has 0 aliphatic rings. The van der Waals surface area contributed by atoms with Crippen LogP contribution in [-0.2, 0) is 11.2 Å². The van der Waals surface area contributed by atoms with Crippen LogP contribution in [0.2, 0.25) is 0 Å². The average molecular weight is 425 g/mol. The fraction of sp³-hybridized carbons (Fsp3) is 0.150. The van der Waals surface area contributed by atoms with E-state index in [1.807, 2.05) is 19.1 Å². The molecule has 0 bridgehead atoms. The van der Waals surface area contributed by atoms with Crippen LogP contribution in [0.3, 0.4) is 0 Å². The summed E-state index contributed by atoms with van der Waals surface area (Å²) in [7, 11) is 1.44. The Bertz CT molecular complexity index is 1080. The number of carbonyl (C=O) groups is 2. The molecule has 9 nitrogen and oxygen atoms in total. The summed E-state index contributed by atoms with van der Waals surface area (Å²) in [5.41, 5.74) is 4.60. The van der Waals surface area contributed by atoms with E-state index in [0.717, 1.165) is 16.9 Å². The topological polar surface area (TPSA) is 126 Å². The van der Waals surface area contributed by atoms with Gasteiger partial charge in [-0.25, -0.2) is 5.43 Å². The minimum atomic E-state index is -0.385. The number of phenols is 1. The molecular weight excluding hydrogens is 406 g/mol. The number of anilines is 1. The molecule has 0 spiro atoms. The van der Waals surface area contributed by atoms with Gasteiger partial charge < -0.3 is 9.84 Å². The number of phenolic OH excluding ortho intramolecular Hbond substituents is 1. The molecule has 3 aromatic rings. The molecule has 2 amide bonds. The highest BCUT2D eigenvalue weighted by Crippen LogP contribution is 2.25. The molecule has 0 saturated heterocycles. The number of rotatable bonds is 7. The summed E-state index contributed by atoms with van der Waals surface area (Å²) >= 11 is 1.11. The van der Waals surface area contributed by atoms with Crippen molar-refractivity contribution in [2.45, 2.75) is 13.3 Å². The Balaban J connectivity index is 1.52. The van der Waals surface area contributed by atoms with E-state index in [0.29, 0.717) is 27.0 Å². The monoisotopic (exact) mass is 425 g/mol. The zero-order valence-electron chi connectivity index (χ0n) is 16.2. The molecule has 10 heteroatoms. The third-order valence-electron chi connectivity index (χ3n) is 3.92. The number of aryl methyl sites for hydroxylation is 1. The smallest absolute Gasteiger partial charge is 0.257 e. The van der Waals surface area contributed by atoms with Crippen LogP contribution in [-0.4, -0.2) is 40.4 Å². The number of methoxy groups -OCH3 is 1. The van der Waals surface area contributed by atoms with E-state index in [9.17, 15) is 14.7 Å². The van der Waals surface area contributed by atoms with E-state index >= 15 is 0 Å². The minimum Gasteiger partial charge on any atom is -0.504 e. The van der Waals surface area contributed by atoms with Crippen molar-refractivity contribution in [3.8, 4) is 11.5 Å². The number of aromatic hydroxyl groups is 1. The van der Waals surface area contributed by atoms with Crippen LogP contribution in [0, 0.1) is 6.92 Å². The number of amides is 2. The number of hydrogen-bond donors (Lipinski definition) is 3. The molecule has 0 aliphatic heterocycles. The predicted molar refractivity (Wildman–Crippen MR) is 113 cm³/mol. The first-order valence-corrected chi connectivity index (χ1v) is 9.65. The number of aromatic nitrogens is 2. The van der Waals surface area contributed by atoms with Gasteiger partial charge in [-0.3, -0.25) is 14.9 Å². The Morgan fingerprint density at radius 3 is 2.70 bits per heavy atom. The first-order chi connectivity index (χ1) is 14.4. The Labute approximate surface area is 176 Å². The fourth-order valence-electron chi connectivity index (χ4n) is 2.38. The number of benzene rings is 2. The van der Waals surface area contributed by atoms with Gasteiger partial charge in [-0.2, -0.15) is 5.10 Å². The number of hydrazone groups is 1. The Hall–Kier alpha value is -3.79. The maximum atomic E-state index is 12.2. The molecule has 3 rings (SSSR count). The molecule has 30 heavy (non-hydrogen) atoms. The van der Waals surface area contributed by atoms with Crippen molar-refractivity contribution in [1.29, 1.82) is 0 Å². The standard InChI is InChI=1S/C20H19N5O4S/c1-12-3-6-14(7-4-12)19(28)22-20-25-24-18(30-20)10-17(27)23-21-11-13-5-8-15(26)16(9-13)29-2/h3-9,11,26H,10H2,1-2H3,(H,23,27)(H,22,25,28). The Morgan fingerprint density at radius 2 is 1.97 bits per heavy atom. The molecule has 1 heterocycles. The maximum Gasteiger partial charge on any atom is 0.257 e. The van der Waals surface area contributed by atoms with Crippen molar-refractivity contribution in [2.24, 2.45) is 5.10 Å². The third-order valence-corrected chi connectivity index (χ3v) is 4.76. The van der Waals surface area contributed by atoms with Crippen molar-refractivity contribution in [1.82, 2.24) is 15.6 Å². The van der Waals surface area contributed by atoms with Gasteiger partial charge in [0.25, 0.3) is 5.91 Å². The van der Waals surface area contributed by atoms with Gasteiger partial charge in [0, 0.05) is 5.56 Å². The van der Waals surface area contributed by atoms with Crippen LogP contribution in [0.1, 0.15) is 26.5 Å². The molecule has 0 fully saturated rings. The quantitative estimate of drug-likeness (QED) is 0.394. The largest absolute Gasteiger partial charge is 0.504 e. The van der Waals surface area contributed by atoms with E-state index in [2.05, 4.69) is 26.0 Å². The number of nitrogens with one attached hydrogen (secondary N) is 2. The lowest BCUT2D eigenvalue weighted by molar-refractivity contribution is -0.120. The maximum absolute atomic E-state index is 12.2. The van der Waals surface area contributed by atoms with Crippen molar-refractivity contribution in [3.63, 3.8) is 0 Å². The SMILES string of the molecule is COc1cc(C=NNC(=O)Cc2nnc(NC(=O)c3ccc(C)cc3)s2)ccc1O. The first kappa shape index (κ1) is 20.9. The zero-order valence-corrected chi connectivity index (χ0v) is 17.1. The molecule has 1 aromatic heterocycles. The second kappa shape index (κ2) is 9.61. The lowest BCUT2D eigenvalue weighted by Gasteiger charge is -2.03. The summed E-state index contributed by atoms with van der Waals surface area (Å²) in [6.07, 6.45) is 1.39. The third kappa shape index (κ3) is 5.61. The van der Waals surface area contributed by atoms with E-state index in [1.165, 1.54) is 19.4 Å². The Kier molecular flexibility index (Phi) is 6.71. The van der Waals surface area contributed by atoms with Gasteiger partial charge in [0.05, 0.1) is 19.7 Å². The predicted octanol–water partition coefficient (Wildman–Crippen LogP) is 2.51. The molecule has 2 aromatic carbocycles. The molecule has 0 atom stereocenters. The van der Waals surface area contributed by atoms with Gasteiger partial charge in [-0.1, -0.05) is 29.0 Å². The number of hydrogen-bond acceptors (Lipinski definition) is 8. The molecule has 154 valence electrons. The Morgan fingerprint density at radius 1 is 1.20 bits per heavy atom. The normalized spacial score (nSPS) is 10.7. The van der Waals surface area contributed by atoms with Gasteiger partial charge in [0.2, 0.25) is 11.0 Å². The summed E-state index contributed by atoms with van der Waals surface area (Å²) in [6.45, 7) is 1.94. The van der Waals surface area contributed by atoms with Crippen molar-refractivity contribution in [2.75, 3.05) is 12.4 Å². The minimum absolute atomic E-state index is 0.0141. The van der Waals surface area contributed by atoms with Gasteiger partial charge in [-0.15, -0.1) is 10.2 Å². The van der Waals surface area contributed by atoms with Crippen molar-refractivity contribution >= 4 is 34.5 Å². The highest BCUT2D eigenvalue weighted by molar-refractivity contribution is 7.15. The first-order valence-electron chi connectivity index (χ1n) is 8.84. The molecule has 0 saturated carbocycles. The van der Waals surface area contributed by atoms with Crippen LogP contribution >= 0.6 is 11.3 Å². The molecular formula is C20H19N5O4S. The summed E-state index contributed by atoms with van der Waals surface area (Å²) in [4.78, 5) is 24.2.